The number of H-pyrrole nitrogens is 1. The van der Waals surface area contributed by atoms with Gasteiger partial charge in [0.2, 0.25) is 0 Å². The molecule has 2 heterocycles. The molecule has 4 nitrogen and oxygen atoms in total. The standard InChI is InChI=1S/C12H7ClN2O2S/c13-10-6-11(16)15(12(17)14-10)8-1-2-9-7(5-8)3-4-18-9/h1-6H,(H,14,17). The van der Waals surface area contributed by atoms with Gasteiger partial charge >= 0.3 is 5.69 Å². The highest BCUT2D eigenvalue weighted by Gasteiger charge is 2.06. The summed E-state index contributed by atoms with van der Waals surface area (Å²) in [4.78, 5) is 26.0. The van der Waals surface area contributed by atoms with Crippen LogP contribution in [0.3, 0.4) is 0 Å². The summed E-state index contributed by atoms with van der Waals surface area (Å²) in [7, 11) is 0. The molecule has 0 unspecified atom stereocenters. The lowest BCUT2D eigenvalue weighted by Gasteiger charge is -2.04. The number of hydrogen-bond acceptors (Lipinski definition) is 3. The van der Waals surface area contributed by atoms with Crippen LogP contribution in [-0.2, 0) is 0 Å². The van der Waals surface area contributed by atoms with Gasteiger partial charge in [-0.25, -0.2) is 9.36 Å². The maximum absolute atomic E-state index is 11.8. The Labute approximate surface area is 110 Å². The van der Waals surface area contributed by atoms with Crippen LogP contribution in [0.4, 0.5) is 0 Å². The first kappa shape index (κ1) is 11.3. The van der Waals surface area contributed by atoms with Crippen LogP contribution in [0.5, 0.6) is 0 Å². The lowest BCUT2D eigenvalue weighted by molar-refractivity contribution is 0.877. The molecule has 0 atom stereocenters. The van der Waals surface area contributed by atoms with Gasteiger partial charge in [0.25, 0.3) is 5.56 Å². The van der Waals surface area contributed by atoms with Crippen LogP contribution >= 0.6 is 22.9 Å². The monoisotopic (exact) mass is 278 g/mol. The molecule has 0 aliphatic rings. The van der Waals surface area contributed by atoms with Gasteiger partial charge in [0, 0.05) is 10.8 Å². The minimum Gasteiger partial charge on any atom is -0.297 e. The smallest absolute Gasteiger partial charge is 0.297 e. The van der Waals surface area contributed by atoms with Crippen LogP contribution in [0.1, 0.15) is 0 Å². The molecule has 1 N–H and O–H groups in total. The largest absolute Gasteiger partial charge is 0.334 e. The molecule has 0 radical (unpaired) electrons. The normalized spacial score (nSPS) is 10.9. The Hall–Kier alpha value is -1.85. The first-order chi connectivity index (χ1) is 8.65. The van der Waals surface area contributed by atoms with Crippen molar-refractivity contribution in [3.05, 3.63) is 61.7 Å². The molecule has 1 aromatic carbocycles. The minimum absolute atomic E-state index is 0.0397. The Kier molecular flexibility index (Phi) is 2.57. The second-order valence-corrected chi connectivity index (χ2v) is 5.09. The van der Waals surface area contributed by atoms with Crippen LogP contribution in [-0.4, -0.2) is 9.55 Å². The van der Waals surface area contributed by atoms with Gasteiger partial charge in [0.05, 0.1) is 5.69 Å². The zero-order valence-corrected chi connectivity index (χ0v) is 10.6. The summed E-state index contributed by atoms with van der Waals surface area (Å²) in [6, 6.07) is 8.55. The third-order valence-electron chi connectivity index (χ3n) is 2.59. The Balaban J connectivity index is 2.32. The van der Waals surface area contributed by atoms with E-state index in [0.717, 1.165) is 14.7 Å². The third kappa shape index (κ3) is 1.77. The number of aromatic nitrogens is 2. The molecule has 90 valence electrons. The summed E-state index contributed by atoms with van der Waals surface area (Å²) >= 11 is 7.23. The highest BCUT2D eigenvalue weighted by molar-refractivity contribution is 7.17. The molecule has 0 saturated heterocycles. The first-order valence-electron chi connectivity index (χ1n) is 5.15. The third-order valence-corrected chi connectivity index (χ3v) is 3.70. The van der Waals surface area contributed by atoms with E-state index >= 15 is 0 Å². The molecular formula is C12H7ClN2O2S. The quantitative estimate of drug-likeness (QED) is 0.695. The van der Waals surface area contributed by atoms with Crippen LogP contribution in [0.2, 0.25) is 5.15 Å². The second-order valence-electron chi connectivity index (χ2n) is 3.74. The van der Waals surface area contributed by atoms with Crippen molar-refractivity contribution in [3.8, 4) is 5.69 Å². The summed E-state index contributed by atoms with van der Waals surface area (Å²) in [5.74, 6) is 0. The molecule has 0 spiro atoms. The number of rotatable bonds is 1. The van der Waals surface area contributed by atoms with E-state index in [4.69, 9.17) is 11.6 Å². The van der Waals surface area contributed by atoms with E-state index in [0.29, 0.717) is 5.69 Å². The zero-order valence-electron chi connectivity index (χ0n) is 9.01. The highest BCUT2D eigenvalue weighted by atomic mass is 35.5. The van der Waals surface area contributed by atoms with Crippen molar-refractivity contribution < 1.29 is 0 Å². The first-order valence-corrected chi connectivity index (χ1v) is 6.40. The molecule has 0 saturated carbocycles. The number of benzene rings is 1. The highest BCUT2D eigenvalue weighted by Crippen LogP contribution is 2.22. The summed E-state index contributed by atoms with van der Waals surface area (Å²) in [5.41, 5.74) is -0.454. The Morgan fingerprint density at radius 1 is 1.17 bits per heavy atom. The van der Waals surface area contributed by atoms with E-state index in [1.165, 1.54) is 6.07 Å². The SMILES string of the molecule is O=c1cc(Cl)[nH]c(=O)n1-c1ccc2sccc2c1. The number of nitrogens with one attached hydrogen (secondary N) is 1. The number of hydrogen-bond donors (Lipinski definition) is 1. The Bertz CT molecular complexity index is 816. The molecule has 3 rings (SSSR count). The van der Waals surface area contributed by atoms with Crippen molar-refractivity contribution in [3.63, 3.8) is 0 Å². The van der Waals surface area contributed by atoms with Gasteiger partial charge < -0.3 is 0 Å². The van der Waals surface area contributed by atoms with E-state index in [1.807, 2.05) is 17.5 Å². The van der Waals surface area contributed by atoms with E-state index < -0.39 is 11.2 Å². The maximum atomic E-state index is 11.8. The van der Waals surface area contributed by atoms with Crippen LogP contribution in [0.15, 0.2) is 45.3 Å². The molecule has 0 bridgehead atoms. The summed E-state index contributed by atoms with van der Waals surface area (Å²) < 4.78 is 2.17. The van der Waals surface area contributed by atoms with Gasteiger partial charge in [0.1, 0.15) is 5.15 Å². The molecule has 0 amide bonds. The van der Waals surface area contributed by atoms with Gasteiger partial charge in [-0.3, -0.25) is 9.78 Å². The molecule has 0 fully saturated rings. The summed E-state index contributed by atoms with van der Waals surface area (Å²) in [6.07, 6.45) is 0. The second kappa shape index (κ2) is 4.12. The summed E-state index contributed by atoms with van der Waals surface area (Å²) in [6.45, 7) is 0. The Morgan fingerprint density at radius 3 is 2.78 bits per heavy atom. The van der Waals surface area contributed by atoms with Crippen molar-refractivity contribution in [2.45, 2.75) is 0 Å². The fraction of sp³-hybridized carbons (Fsp3) is 0. The topological polar surface area (TPSA) is 54.9 Å². The molecule has 2 aromatic heterocycles. The number of nitrogens with zero attached hydrogens (tertiary/aromatic N) is 1. The van der Waals surface area contributed by atoms with Gasteiger partial charge in [-0.2, -0.15) is 0 Å². The number of thiophene rings is 1. The number of fused-ring (bicyclic) bond motifs is 1. The molecule has 6 heteroatoms. The lowest BCUT2D eigenvalue weighted by atomic mass is 10.2. The number of aromatic amines is 1. The van der Waals surface area contributed by atoms with E-state index in [-0.39, 0.29) is 5.15 Å². The van der Waals surface area contributed by atoms with Crippen LogP contribution in [0, 0.1) is 0 Å². The van der Waals surface area contributed by atoms with E-state index in [2.05, 4.69) is 4.98 Å². The van der Waals surface area contributed by atoms with Gasteiger partial charge in [-0.1, -0.05) is 11.6 Å². The van der Waals surface area contributed by atoms with Gasteiger partial charge in [-0.15, -0.1) is 11.3 Å². The fourth-order valence-corrected chi connectivity index (χ4v) is 2.75. The Morgan fingerprint density at radius 2 is 2.00 bits per heavy atom. The van der Waals surface area contributed by atoms with Gasteiger partial charge in [0.15, 0.2) is 0 Å². The van der Waals surface area contributed by atoms with E-state index in [9.17, 15) is 9.59 Å². The number of halogens is 1. The van der Waals surface area contributed by atoms with Crippen molar-refractivity contribution in [1.82, 2.24) is 9.55 Å². The van der Waals surface area contributed by atoms with Crippen molar-refractivity contribution in [2.75, 3.05) is 0 Å². The minimum atomic E-state index is -0.540. The predicted octanol–water partition coefficient (Wildman–Crippen LogP) is 2.39. The van der Waals surface area contributed by atoms with E-state index in [1.54, 1.807) is 23.5 Å². The lowest BCUT2D eigenvalue weighted by Crippen LogP contribution is -2.32. The van der Waals surface area contributed by atoms with Crippen molar-refractivity contribution in [2.24, 2.45) is 0 Å². The zero-order chi connectivity index (χ0) is 12.7. The van der Waals surface area contributed by atoms with Crippen LogP contribution in [0.25, 0.3) is 15.8 Å². The van der Waals surface area contributed by atoms with Crippen LogP contribution < -0.4 is 11.2 Å². The fourth-order valence-electron chi connectivity index (χ4n) is 1.80. The maximum Gasteiger partial charge on any atom is 0.334 e. The average Bonchev–Trinajstić information content (AvgIpc) is 2.74. The average molecular weight is 279 g/mol. The molecular weight excluding hydrogens is 272 g/mol. The summed E-state index contributed by atoms with van der Waals surface area (Å²) in [5, 5.41) is 3.00. The van der Waals surface area contributed by atoms with Gasteiger partial charge in [-0.05, 0) is 35.0 Å². The predicted molar refractivity (Wildman–Crippen MR) is 73.1 cm³/mol. The molecule has 3 aromatic rings. The molecule has 0 aliphatic heterocycles. The van der Waals surface area contributed by atoms with Crippen molar-refractivity contribution >= 4 is 33.0 Å². The molecule has 18 heavy (non-hydrogen) atoms. The van der Waals surface area contributed by atoms with Crippen molar-refractivity contribution in [1.29, 1.82) is 0 Å². The molecule has 0 aliphatic carbocycles.